The summed E-state index contributed by atoms with van der Waals surface area (Å²) in [6.45, 7) is 2.02. The lowest BCUT2D eigenvalue weighted by Crippen LogP contribution is -2.55. The molecule has 126 valence electrons. The number of benzene rings is 1. The first kappa shape index (κ1) is 17.2. The van der Waals surface area contributed by atoms with Gasteiger partial charge in [-0.15, -0.1) is 12.4 Å². The normalized spacial score (nSPS) is 28.5. The molecule has 1 amide bonds. The first-order valence-corrected chi connectivity index (χ1v) is 9.29. The van der Waals surface area contributed by atoms with Crippen LogP contribution in [0.3, 0.4) is 0 Å². The van der Waals surface area contributed by atoms with Gasteiger partial charge >= 0.3 is 0 Å². The van der Waals surface area contributed by atoms with E-state index >= 15 is 0 Å². The molecule has 1 saturated carbocycles. The largest absolute Gasteiger partial charge is 0.335 e. The number of carbonyl (C=O) groups excluding carboxylic acids is 1. The van der Waals surface area contributed by atoms with Gasteiger partial charge in [-0.25, -0.2) is 0 Å². The maximum absolute atomic E-state index is 13.5. The lowest BCUT2D eigenvalue weighted by Gasteiger charge is -2.45. The van der Waals surface area contributed by atoms with Crippen LogP contribution in [0.1, 0.15) is 44.1 Å². The van der Waals surface area contributed by atoms with Crippen molar-refractivity contribution >= 4 is 34.2 Å². The molecule has 23 heavy (non-hydrogen) atoms. The summed E-state index contributed by atoms with van der Waals surface area (Å²) in [4.78, 5) is 15.8. The number of hydrogen-bond acceptors (Lipinski definition) is 2. The molecule has 5 heteroatoms. The summed E-state index contributed by atoms with van der Waals surface area (Å²) in [5.41, 5.74) is 0.967. The fourth-order valence-electron chi connectivity index (χ4n) is 4.49. The van der Waals surface area contributed by atoms with Gasteiger partial charge in [0.05, 0.1) is 5.41 Å². The second-order valence-corrected chi connectivity index (χ2v) is 7.95. The predicted molar refractivity (Wildman–Crippen MR) is 98.1 cm³/mol. The SMILES string of the molecule is Cl.O=C(N1C2CCNCC1CC2)C1(c2ccc(Br)cc2)CCC1. The zero-order chi connectivity index (χ0) is 15.2. The number of nitrogens with one attached hydrogen (secondary N) is 1. The van der Waals surface area contributed by atoms with E-state index in [1.807, 2.05) is 0 Å². The van der Waals surface area contributed by atoms with Crippen molar-refractivity contribution in [2.24, 2.45) is 0 Å². The van der Waals surface area contributed by atoms with Crippen LogP contribution in [0.2, 0.25) is 0 Å². The highest BCUT2D eigenvalue weighted by Crippen LogP contribution is 2.47. The molecule has 2 aliphatic heterocycles. The van der Waals surface area contributed by atoms with Crippen molar-refractivity contribution in [2.45, 2.75) is 56.0 Å². The molecule has 2 bridgehead atoms. The summed E-state index contributed by atoms with van der Waals surface area (Å²) in [6, 6.07) is 9.29. The van der Waals surface area contributed by atoms with Gasteiger partial charge in [0.25, 0.3) is 0 Å². The van der Waals surface area contributed by atoms with Gasteiger partial charge in [0.2, 0.25) is 5.91 Å². The maximum Gasteiger partial charge on any atom is 0.233 e. The average molecular weight is 400 g/mol. The number of carbonyl (C=O) groups is 1. The number of amides is 1. The lowest BCUT2D eigenvalue weighted by molar-refractivity contribution is -0.143. The molecule has 1 N–H and O–H groups in total. The summed E-state index contributed by atoms with van der Waals surface area (Å²) in [5, 5.41) is 3.50. The van der Waals surface area contributed by atoms with Gasteiger partial charge in [-0.3, -0.25) is 4.79 Å². The molecule has 2 unspecified atom stereocenters. The zero-order valence-corrected chi connectivity index (χ0v) is 15.7. The second kappa shape index (κ2) is 6.73. The van der Waals surface area contributed by atoms with Crippen LogP contribution in [-0.2, 0) is 10.2 Å². The zero-order valence-electron chi connectivity index (χ0n) is 13.3. The van der Waals surface area contributed by atoms with E-state index in [-0.39, 0.29) is 17.8 Å². The average Bonchev–Trinajstić information content (AvgIpc) is 2.73. The Balaban J connectivity index is 0.00000156. The summed E-state index contributed by atoms with van der Waals surface area (Å²) >= 11 is 3.50. The molecule has 2 saturated heterocycles. The van der Waals surface area contributed by atoms with E-state index in [1.165, 1.54) is 24.8 Å². The molecule has 0 spiro atoms. The quantitative estimate of drug-likeness (QED) is 0.823. The molecule has 4 rings (SSSR count). The van der Waals surface area contributed by atoms with Gasteiger partial charge in [0.1, 0.15) is 0 Å². The standard InChI is InChI=1S/C18H23BrN2O.ClH/c19-14-4-2-13(3-5-14)18(9-1-10-18)17(22)21-15-6-7-16(21)12-20-11-8-15;/h2-5,15-16,20H,1,6-12H2;1H. The molecule has 2 atom stereocenters. The van der Waals surface area contributed by atoms with Crippen LogP contribution in [0.15, 0.2) is 28.7 Å². The van der Waals surface area contributed by atoms with Crippen LogP contribution in [0.4, 0.5) is 0 Å². The highest BCUT2D eigenvalue weighted by molar-refractivity contribution is 9.10. The Bertz CT molecular complexity index is 559. The summed E-state index contributed by atoms with van der Waals surface area (Å²) < 4.78 is 1.08. The third-order valence-electron chi connectivity index (χ3n) is 5.90. The van der Waals surface area contributed by atoms with E-state index in [4.69, 9.17) is 0 Å². The third-order valence-corrected chi connectivity index (χ3v) is 6.43. The van der Waals surface area contributed by atoms with Crippen molar-refractivity contribution in [1.82, 2.24) is 10.2 Å². The van der Waals surface area contributed by atoms with E-state index in [1.54, 1.807) is 0 Å². The van der Waals surface area contributed by atoms with Gasteiger partial charge in [0, 0.05) is 23.1 Å². The third kappa shape index (κ3) is 2.83. The molecule has 3 aliphatic rings. The minimum atomic E-state index is -0.244. The van der Waals surface area contributed by atoms with Gasteiger partial charge in [-0.05, 0) is 56.3 Å². The lowest BCUT2D eigenvalue weighted by atomic mass is 9.63. The van der Waals surface area contributed by atoms with Crippen LogP contribution < -0.4 is 5.32 Å². The Kier molecular flexibility index (Phi) is 5.05. The van der Waals surface area contributed by atoms with E-state index in [0.717, 1.165) is 36.8 Å². The smallest absolute Gasteiger partial charge is 0.233 e. The van der Waals surface area contributed by atoms with E-state index in [0.29, 0.717) is 18.0 Å². The minimum absolute atomic E-state index is 0. The first-order valence-electron chi connectivity index (χ1n) is 8.50. The molecule has 1 aromatic carbocycles. The molecule has 0 radical (unpaired) electrons. The molecule has 3 fully saturated rings. The van der Waals surface area contributed by atoms with Crippen molar-refractivity contribution in [1.29, 1.82) is 0 Å². The summed E-state index contributed by atoms with van der Waals surface area (Å²) in [6.07, 6.45) is 6.66. The van der Waals surface area contributed by atoms with Gasteiger partial charge in [0.15, 0.2) is 0 Å². The van der Waals surface area contributed by atoms with Crippen LogP contribution in [0.5, 0.6) is 0 Å². The predicted octanol–water partition coefficient (Wildman–Crippen LogP) is 3.65. The number of halogens is 2. The van der Waals surface area contributed by atoms with Gasteiger partial charge in [-0.2, -0.15) is 0 Å². The highest BCUT2D eigenvalue weighted by Gasteiger charge is 2.51. The van der Waals surface area contributed by atoms with E-state index < -0.39 is 0 Å². The van der Waals surface area contributed by atoms with Crippen LogP contribution in [-0.4, -0.2) is 36.0 Å². The monoisotopic (exact) mass is 398 g/mol. The number of rotatable bonds is 2. The molecule has 0 aromatic heterocycles. The van der Waals surface area contributed by atoms with Crippen LogP contribution in [0.25, 0.3) is 0 Å². The topological polar surface area (TPSA) is 32.3 Å². The van der Waals surface area contributed by atoms with Gasteiger partial charge in [-0.1, -0.05) is 34.5 Å². The fourth-order valence-corrected chi connectivity index (χ4v) is 4.75. The van der Waals surface area contributed by atoms with Crippen molar-refractivity contribution < 1.29 is 4.79 Å². The maximum atomic E-state index is 13.5. The van der Waals surface area contributed by atoms with E-state index in [9.17, 15) is 4.79 Å². The van der Waals surface area contributed by atoms with E-state index in [2.05, 4.69) is 50.4 Å². The Morgan fingerprint density at radius 3 is 2.48 bits per heavy atom. The van der Waals surface area contributed by atoms with Crippen LogP contribution in [0, 0.1) is 0 Å². The van der Waals surface area contributed by atoms with Crippen molar-refractivity contribution in [2.75, 3.05) is 13.1 Å². The summed E-state index contributed by atoms with van der Waals surface area (Å²) in [5.74, 6) is 0.400. The second-order valence-electron chi connectivity index (χ2n) is 7.03. The Labute approximate surface area is 152 Å². The Morgan fingerprint density at radius 1 is 1.13 bits per heavy atom. The molecular weight excluding hydrogens is 376 g/mol. The highest BCUT2D eigenvalue weighted by atomic mass is 79.9. The number of hydrogen-bond donors (Lipinski definition) is 1. The summed E-state index contributed by atoms with van der Waals surface area (Å²) in [7, 11) is 0. The number of nitrogens with zero attached hydrogens (tertiary/aromatic N) is 1. The Morgan fingerprint density at radius 2 is 1.83 bits per heavy atom. The van der Waals surface area contributed by atoms with Crippen molar-refractivity contribution in [3.63, 3.8) is 0 Å². The van der Waals surface area contributed by atoms with Crippen molar-refractivity contribution in [3.8, 4) is 0 Å². The molecule has 3 nitrogen and oxygen atoms in total. The first-order chi connectivity index (χ1) is 10.7. The minimum Gasteiger partial charge on any atom is -0.335 e. The molecule has 1 aromatic rings. The molecule has 1 aliphatic carbocycles. The van der Waals surface area contributed by atoms with Gasteiger partial charge < -0.3 is 10.2 Å². The molecular formula is C18H24BrClN2O. The Hall–Kier alpha value is -0.580. The van der Waals surface area contributed by atoms with Crippen LogP contribution >= 0.6 is 28.3 Å². The number of fused-ring (bicyclic) bond motifs is 2. The fraction of sp³-hybridized carbons (Fsp3) is 0.611. The molecule has 2 heterocycles. The van der Waals surface area contributed by atoms with Crippen molar-refractivity contribution in [3.05, 3.63) is 34.3 Å².